The number of esters is 1. The minimum Gasteiger partial charge on any atom is -0.405 e. The summed E-state index contributed by atoms with van der Waals surface area (Å²) in [5.74, 6) is 2.31. The third-order valence-corrected chi connectivity index (χ3v) is 3.38. The van der Waals surface area contributed by atoms with Crippen LogP contribution in [0.5, 0.6) is 0 Å². The lowest BCUT2D eigenvalue weighted by Gasteiger charge is -2.14. The average Bonchev–Trinajstić information content (AvgIpc) is 2.87. The molecule has 102 valence electrons. The Kier molecular flexibility index (Phi) is 3.29. The van der Waals surface area contributed by atoms with Gasteiger partial charge in [-0.1, -0.05) is 54.5 Å². The van der Waals surface area contributed by atoms with Gasteiger partial charge in [0.1, 0.15) is 0 Å². The average molecular weight is 275 g/mol. The third-order valence-electron chi connectivity index (χ3n) is 3.38. The number of terminal acetylenes is 1. The van der Waals surface area contributed by atoms with Gasteiger partial charge in [0.25, 0.3) is 0 Å². The first kappa shape index (κ1) is 13.1. The van der Waals surface area contributed by atoms with Crippen molar-refractivity contribution in [2.45, 2.75) is 12.0 Å². The van der Waals surface area contributed by atoms with Crippen LogP contribution < -0.4 is 0 Å². The van der Waals surface area contributed by atoms with E-state index >= 15 is 0 Å². The normalized spacial score (nSPS) is 20.5. The van der Waals surface area contributed by atoms with Crippen molar-refractivity contribution < 1.29 is 9.53 Å². The number of hydrogen-bond acceptors (Lipinski definition) is 3. The zero-order valence-corrected chi connectivity index (χ0v) is 11.3. The minimum absolute atomic E-state index is 0.287. The molecule has 3 heteroatoms. The first-order valence-electron chi connectivity index (χ1n) is 6.63. The highest BCUT2D eigenvalue weighted by Gasteiger charge is 2.45. The van der Waals surface area contributed by atoms with Gasteiger partial charge >= 0.3 is 5.97 Å². The molecule has 0 radical (unpaired) electrons. The second-order valence-electron chi connectivity index (χ2n) is 4.84. The monoisotopic (exact) mass is 275 g/mol. The topological polar surface area (TPSA) is 38.7 Å². The molecule has 2 aromatic rings. The second kappa shape index (κ2) is 5.26. The quantitative estimate of drug-likeness (QED) is 0.638. The Bertz CT molecular complexity index is 729. The molecule has 0 amide bonds. The summed E-state index contributed by atoms with van der Waals surface area (Å²) in [4.78, 5) is 16.6. The van der Waals surface area contributed by atoms with Gasteiger partial charge < -0.3 is 4.74 Å². The van der Waals surface area contributed by atoms with Crippen molar-refractivity contribution in [1.29, 1.82) is 0 Å². The maximum atomic E-state index is 12.2. The van der Waals surface area contributed by atoms with E-state index < -0.39 is 11.5 Å². The maximum absolute atomic E-state index is 12.2. The molecule has 0 fully saturated rings. The van der Waals surface area contributed by atoms with Gasteiger partial charge in [-0.25, -0.2) is 9.79 Å². The molecule has 0 saturated carbocycles. The molecule has 1 aliphatic rings. The lowest BCUT2D eigenvalue weighted by Crippen LogP contribution is -2.34. The van der Waals surface area contributed by atoms with Crippen molar-refractivity contribution in [2.75, 3.05) is 0 Å². The van der Waals surface area contributed by atoms with Crippen LogP contribution in [0.3, 0.4) is 0 Å². The number of ether oxygens (including phenoxy) is 1. The summed E-state index contributed by atoms with van der Waals surface area (Å²) < 4.78 is 5.30. The SMILES string of the molecule is C#CC1(Cc2ccccc2)N=C(c2ccccc2)OC1=O. The van der Waals surface area contributed by atoms with Crippen LogP contribution in [0.4, 0.5) is 0 Å². The summed E-state index contributed by atoms with van der Waals surface area (Å²) in [6, 6.07) is 18.8. The molecule has 1 atom stereocenters. The predicted octanol–water partition coefficient (Wildman–Crippen LogP) is 2.60. The van der Waals surface area contributed by atoms with Gasteiger partial charge in [-0.15, -0.1) is 6.42 Å². The first-order chi connectivity index (χ1) is 10.2. The van der Waals surface area contributed by atoms with Gasteiger partial charge in [-0.3, -0.25) is 0 Å². The van der Waals surface area contributed by atoms with Crippen LogP contribution in [0.2, 0.25) is 0 Å². The number of hydrogen-bond donors (Lipinski definition) is 0. The molecule has 1 unspecified atom stereocenters. The van der Waals surface area contributed by atoms with E-state index in [0.717, 1.165) is 11.1 Å². The van der Waals surface area contributed by atoms with Gasteiger partial charge in [0.15, 0.2) is 0 Å². The zero-order chi connectivity index (χ0) is 14.7. The molecule has 0 spiro atoms. The molecule has 0 N–H and O–H groups in total. The predicted molar refractivity (Wildman–Crippen MR) is 80.8 cm³/mol. The van der Waals surface area contributed by atoms with E-state index in [1.165, 1.54) is 0 Å². The molecule has 0 bridgehead atoms. The summed E-state index contributed by atoms with van der Waals surface area (Å²) >= 11 is 0. The smallest absolute Gasteiger partial charge is 0.353 e. The third kappa shape index (κ3) is 2.44. The highest BCUT2D eigenvalue weighted by Crippen LogP contribution is 2.27. The fourth-order valence-electron chi connectivity index (χ4n) is 2.26. The fraction of sp³-hybridized carbons (Fsp3) is 0.111. The molecule has 2 aromatic carbocycles. The van der Waals surface area contributed by atoms with Crippen molar-refractivity contribution in [2.24, 2.45) is 4.99 Å². The van der Waals surface area contributed by atoms with Gasteiger partial charge in [-0.2, -0.15) is 0 Å². The highest BCUT2D eigenvalue weighted by molar-refractivity contribution is 6.09. The van der Waals surface area contributed by atoms with Gasteiger partial charge in [0, 0.05) is 12.0 Å². The molecule has 3 nitrogen and oxygen atoms in total. The largest absolute Gasteiger partial charge is 0.405 e. The molecule has 1 heterocycles. The van der Waals surface area contributed by atoms with Crippen LogP contribution >= 0.6 is 0 Å². The Morgan fingerprint density at radius 1 is 1.05 bits per heavy atom. The van der Waals surface area contributed by atoms with E-state index in [2.05, 4.69) is 10.9 Å². The summed E-state index contributed by atoms with van der Waals surface area (Å²) in [6.07, 6.45) is 5.92. The lowest BCUT2D eigenvalue weighted by molar-refractivity contribution is -0.137. The zero-order valence-electron chi connectivity index (χ0n) is 11.3. The van der Waals surface area contributed by atoms with Crippen molar-refractivity contribution in [3.8, 4) is 12.3 Å². The Morgan fingerprint density at radius 2 is 1.67 bits per heavy atom. The van der Waals surface area contributed by atoms with Crippen LogP contribution in [0.25, 0.3) is 0 Å². The molecule has 3 rings (SSSR count). The Hall–Kier alpha value is -2.86. The van der Waals surface area contributed by atoms with Gasteiger partial charge in [0.05, 0.1) is 0 Å². The second-order valence-corrected chi connectivity index (χ2v) is 4.84. The molecule has 0 saturated heterocycles. The van der Waals surface area contributed by atoms with Gasteiger partial charge in [0.2, 0.25) is 11.4 Å². The Labute approximate surface area is 123 Å². The highest BCUT2D eigenvalue weighted by atomic mass is 16.6. The van der Waals surface area contributed by atoms with Crippen molar-refractivity contribution in [3.63, 3.8) is 0 Å². The summed E-state index contributed by atoms with van der Waals surface area (Å²) in [6.45, 7) is 0. The van der Waals surface area contributed by atoms with Crippen LogP contribution in [0.1, 0.15) is 11.1 Å². The number of cyclic esters (lactones) is 1. The van der Waals surface area contributed by atoms with E-state index in [9.17, 15) is 4.79 Å². The first-order valence-corrected chi connectivity index (χ1v) is 6.63. The number of carbonyl (C=O) groups excluding carboxylic acids is 1. The molecular formula is C18H13NO2. The van der Waals surface area contributed by atoms with E-state index in [-0.39, 0.29) is 5.90 Å². The van der Waals surface area contributed by atoms with E-state index in [4.69, 9.17) is 11.2 Å². The van der Waals surface area contributed by atoms with E-state index in [0.29, 0.717) is 6.42 Å². The number of nitrogens with zero attached hydrogens (tertiary/aromatic N) is 1. The minimum atomic E-state index is -1.27. The number of aliphatic imine (C=N–C) groups is 1. The number of carbonyl (C=O) groups is 1. The van der Waals surface area contributed by atoms with Crippen molar-refractivity contribution in [3.05, 3.63) is 71.8 Å². The van der Waals surface area contributed by atoms with Crippen molar-refractivity contribution in [1.82, 2.24) is 0 Å². The lowest BCUT2D eigenvalue weighted by atomic mass is 9.93. The van der Waals surface area contributed by atoms with Gasteiger partial charge in [-0.05, 0) is 17.7 Å². The number of rotatable bonds is 3. The summed E-state index contributed by atoms with van der Waals surface area (Å²) in [5.41, 5.74) is 0.425. The summed E-state index contributed by atoms with van der Waals surface area (Å²) in [5, 5.41) is 0. The molecule has 0 aliphatic carbocycles. The fourth-order valence-corrected chi connectivity index (χ4v) is 2.26. The Balaban J connectivity index is 1.97. The Morgan fingerprint density at radius 3 is 2.29 bits per heavy atom. The van der Waals surface area contributed by atoms with Crippen LogP contribution in [0, 0.1) is 12.3 Å². The van der Waals surface area contributed by atoms with Crippen molar-refractivity contribution >= 4 is 11.9 Å². The summed E-state index contributed by atoms with van der Waals surface area (Å²) in [7, 11) is 0. The molecule has 0 aromatic heterocycles. The maximum Gasteiger partial charge on any atom is 0.353 e. The number of benzene rings is 2. The molecule has 1 aliphatic heterocycles. The molecular weight excluding hydrogens is 262 g/mol. The van der Waals surface area contributed by atoms with Crippen LogP contribution in [-0.2, 0) is 16.0 Å². The van der Waals surface area contributed by atoms with Crippen LogP contribution in [-0.4, -0.2) is 17.4 Å². The van der Waals surface area contributed by atoms with E-state index in [1.54, 1.807) is 0 Å². The van der Waals surface area contributed by atoms with Crippen LogP contribution in [0.15, 0.2) is 65.7 Å². The molecule has 21 heavy (non-hydrogen) atoms. The van der Waals surface area contributed by atoms with E-state index in [1.807, 2.05) is 60.7 Å². The standard InChI is InChI=1S/C18H13NO2/c1-2-18(13-14-9-5-3-6-10-14)17(20)21-16(19-18)15-11-7-4-8-12-15/h1,3-12H,13H2.